The van der Waals surface area contributed by atoms with Crippen molar-refractivity contribution < 1.29 is 14.3 Å². The normalized spacial score (nSPS) is 24.1. The van der Waals surface area contributed by atoms with Gasteiger partial charge in [-0.15, -0.1) is 12.4 Å². The second-order valence-corrected chi connectivity index (χ2v) is 3.87. The number of esters is 1. The molecule has 0 spiro atoms. The topological polar surface area (TPSA) is 67.4 Å². The van der Waals surface area contributed by atoms with E-state index in [1.165, 1.54) is 7.11 Å². The summed E-state index contributed by atoms with van der Waals surface area (Å²) in [6, 6.07) is 0.368. The second kappa shape index (κ2) is 7.46. The minimum atomic E-state index is -0.412. The average Bonchev–Trinajstić information content (AvgIpc) is 2.25. The molecule has 6 heteroatoms. The first kappa shape index (κ1) is 15.2. The molecule has 1 aliphatic rings. The van der Waals surface area contributed by atoms with Crippen LogP contribution in [0.4, 0.5) is 0 Å². The SMILES string of the molecule is COC(=O)CNC(=O)[C@H]1CCN[C@@H](C)C1.Cl. The van der Waals surface area contributed by atoms with E-state index in [-0.39, 0.29) is 30.8 Å². The summed E-state index contributed by atoms with van der Waals surface area (Å²) >= 11 is 0. The molecule has 94 valence electrons. The van der Waals surface area contributed by atoms with E-state index in [4.69, 9.17) is 0 Å². The van der Waals surface area contributed by atoms with E-state index in [1.54, 1.807) is 0 Å². The van der Waals surface area contributed by atoms with Gasteiger partial charge in [0.2, 0.25) is 5.91 Å². The Morgan fingerprint density at radius 1 is 1.50 bits per heavy atom. The second-order valence-electron chi connectivity index (χ2n) is 3.87. The van der Waals surface area contributed by atoms with Gasteiger partial charge in [0.15, 0.2) is 0 Å². The van der Waals surface area contributed by atoms with Gasteiger partial charge in [0.05, 0.1) is 7.11 Å². The minimum absolute atomic E-state index is 0. The standard InChI is InChI=1S/C10H18N2O3.ClH/c1-7-5-8(3-4-11-7)10(14)12-6-9(13)15-2;/h7-8,11H,3-6H2,1-2H3,(H,12,14);1H/t7-,8-;/m0./s1. The first-order valence-corrected chi connectivity index (χ1v) is 5.21. The molecular weight excluding hydrogens is 232 g/mol. The Hall–Kier alpha value is -0.810. The third-order valence-electron chi connectivity index (χ3n) is 2.63. The third-order valence-corrected chi connectivity index (χ3v) is 2.63. The summed E-state index contributed by atoms with van der Waals surface area (Å²) in [5, 5.41) is 5.85. The highest BCUT2D eigenvalue weighted by Gasteiger charge is 2.24. The number of carbonyl (C=O) groups is 2. The Bertz CT molecular complexity index is 248. The summed E-state index contributed by atoms with van der Waals surface area (Å²) < 4.78 is 4.44. The quantitative estimate of drug-likeness (QED) is 0.697. The van der Waals surface area contributed by atoms with Gasteiger partial charge in [0, 0.05) is 12.0 Å². The number of hydrogen-bond acceptors (Lipinski definition) is 4. The van der Waals surface area contributed by atoms with E-state index in [9.17, 15) is 9.59 Å². The molecule has 1 saturated heterocycles. The lowest BCUT2D eigenvalue weighted by molar-refractivity contribution is -0.141. The maximum atomic E-state index is 11.6. The van der Waals surface area contributed by atoms with Gasteiger partial charge in [-0.05, 0) is 26.3 Å². The molecule has 0 saturated carbocycles. The molecule has 2 atom stereocenters. The lowest BCUT2D eigenvalue weighted by Gasteiger charge is -2.26. The molecular formula is C10H19ClN2O3. The zero-order valence-electron chi connectivity index (χ0n) is 9.62. The third kappa shape index (κ3) is 4.81. The Labute approximate surface area is 102 Å². The lowest BCUT2D eigenvalue weighted by Crippen LogP contribution is -2.43. The molecule has 5 nitrogen and oxygen atoms in total. The van der Waals surface area contributed by atoms with Crippen LogP contribution >= 0.6 is 12.4 Å². The first-order valence-electron chi connectivity index (χ1n) is 5.21. The van der Waals surface area contributed by atoms with Crippen molar-refractivity contribution in [3.63, 3.8) is 0 Å². The highest BCUT2D eigenvalue weighted by Crippen LogP contribution is 2.15. The van der Waals surface area contributed by atoms with Crippen LogP contribution in [0.2, 0.25) is 0 Å². The molecule has 1 fully saturated rings. The number of halogens is 1. The number of hydrogen-bond donors (Lipinski definition) is 2. The number of rotatable bonds is 3. The Kier molecular flexibility index (Phi) is 7.08. The van der Waals surface area contributed by atoms with E-state index in [1.807, 2.05) is 0 Å². The largest absolute Gasteiger partial charge is 0.468 e. The van der Waals surface area contributed by atoms with Crippen LogP contribution in [-0.2, 0) is 14.3 Å². The fraction of sp³-hybridized carbons (Fsp3) is 0.800. The van der Waals surface area contributed by atoms with Gasteiger partial charge >= 0.3 is 5.97 Å². The van der Waals surface area contributed by atoms with E-state index < -0.39 is 5.97 Å². The van der Waals surface area contributed by atoms with Crippen LogP contribution in [0.15, 0.2) is 0 Å². The number of methoxy groups -OCH3 is 1. The van der Waals surface area contributed by atoms with Crippen molar-refractivity contribution in [2.24, 2.45) is 5.92 Å². The summed E-state index contributed by atoms with van der Waals surface area (Å²) in [6.45, 7) is 2.88. The van der Waals surface area contributed by atoms with Crippen LogP contribution in [0.5, 0.6) is 0 Å². The smallest absolute Gasteiger partial charge is 0.325 e. The van der Waals surface area contributed by atoms with Crippen molar-refractivity contribution in [2.45, 2.75) is 25.8 Å². The fourth-order valence-electron chi connectivity index (χ4n) is 1.75. The van der Waals surface area contributed by atoms with Crippen molar-refractivity contribution in [3.8, 4) is 0 Å². The van der Waals surface area contributed by atoms with Crippen molar-refractivity contribution >= 4 is 24.3 Å². The molecule has 2 N–H and O–H groups in total. The van der Waals surface area contributed by atoms with E-state index >= 15 is 0 Å². The number of piperidine rings is 1. The van der Waals surface area contributed by atoms with Crippen LogP contribution in [0.3, 0.4) is 0 Å². The summed E-state index contributed by atoms with van der Waals surface area (Å²) in [7, 11) is 1.31. The van der Waals surface area contributed by atoms with Gasteiger partial charge < -0.3 is 15.4 Å². The van der Waals surface area contributed by atoms with E-state index in [0.29, 0.717) is 6.04 Å². The zero-order chi connectivity index (χ0) is 11.3. The van der Waals surface area contributed by atoms with E-state index in [0.717, 1.165) is 19.4 Å². The first-order chi connectivity index (χ1) is 7.13. The summed E-state index contributed by atoms with van der Waals surface area (Å²) in [4.78, 5) is 22.4. The van der Waals surface area contributed by atoms with Crippen molar-refractivity contribution in [1.29, 1.82) is 0 Å². The molecule has 0 aliphatic carbocycles. The van der Waals surface area contributed by atoms with Crippen molar-refractivity contribution in [1.82, 2.24) is 10.6 Å². The fourth-order valence-corrected chi connectivity index (χ4v) is 1.75. The molecule has 0 aromatic carbocycles. The highest BCUT2D eigenvalue weighted by molar-refractivity contribution is 5.85. The summed E-state index contributed by atoms with van der Waals surface area (Å²) in [5.41, 5.74) is 0. The van der Waals surface area contributed by atoms with Crippen LogP contribution in [0.25, 0.3) is 0 Å². The molecule has 0 radical (unpaired) electrons. The molecule has 1 amide bonds. The molecule has 0 bridgehead atoms. The predicted molar refractivity (Wildman–Crippen MR) is 62.5 cm³/mol. The Morgan fingerprint density at radius 2 is 2.19 bits per heavy atom. The van der Waals surface area contributed by atoms with Gasteiger partial charge in [0.1, 0.15) is 6.54 Å². The highest BCUT2D eigenvalue weighted by atomic mass is 35.5. The van der Waals surface area contributed by atoms with Crippen molar-refractivity contribution in [3.05, 3.63) is 0 Å². The Morgan fingerprint density at radius 3 is 2.75 bits per heavy atom. The number of carbonyl (C=O) groups excluding carboxylic acids is 2. The van der Waals surface area contributed by atoms with Gasteiger partial charge in [-0.3, -0.25) is 9.59 Å². The number of ether oxygens (including phenoxy) is 1. The minimum Gasteiger partial charge on any atom is -0.468 e. The van der Waals surface area contributed by atoms with Crippen LogP contribution < -0.4 is 10.6 Å². The monoisotopic (exact) mass is 250 g/mol. The zero-order valence-corrected chi connectivity index (χ0v) is 10.4. The molecule has 1 heterocycles. The summed E-state index contributed by atoms with van der Waals surface area (Å²) in [5.74, 6) is -0.440. The molecule has 0 aromatic rings. The number of nitrogens with one attached hydrogen (secondary N) is 2. The maximum absolute atomic E-state index is 11.6. The van der Waals surface area contributed by atoms with Crippen LogP contribution in [-0.4, -0.2) is 38.1 Å². The molecule has 0 unspecified atom stereocenters. The maximum Gasteiger partial charge on any atom is 0.325 e. The molecule has 16 heavy (non-hydrogen) atoms. The average molecular weight is 251 g/mol. The van der Waals surface area contributed by atoms with Gasteiger partial charge in [-0.2, -0.15) is 0 Å². The van der Waals surface area contributed by atoms with Crippen LogP contribution in [0, 0.1) is 5.92 Å². The van der Waals surface area contributed by atoms with Gasteiger partial charge in [0.25, 0.3) is 0 Å². The number of amides is 1. The Balaban J connectivity index is 0.00000225. The van der Waals surface area contributed by atoms with E-state index in [2.05, 4.69) is 22.3 Å². The molecule has 1 aliphatic heterocycles. The van der Waals surface area contributed by atoms with Gasteiger partial charge in [-0.25, -0.2) is 0 Å². The van der Waals surface area contributed by atoms with Crippen molar-refractivity contribution in [2.75, 3.05) is 20.2 Å². The van der Waals surface area contributed by atoms with Gasteiger partial charge in [-0.1, -0.05) is 0 Å². The molecule has 1 rings (SSSR count). The van der Waals surface area contributed by atoms with Crippen LogP contribution in [0.1, 0.15) is 19.8 Å². The lowest BCUT2D eigenvalue weighted by atomic mass is 9.92. The predicted octanol–water partition coefficient (Wildman–Crippen LogP) is 0.0855. The molecule has 0 aromatic heterocycles. The summed E-state index contributed by atoms with van der Waals surface area (Å²) in [6.07, 6.45) is 1.66.